The molecule has 2 atom stereocenters. The molecule has 6 nitrogen and oxygen atoms in total. The van der Waals surface area contributed by atoms with Gasteiger partial charge in [0.1, 0.15) is 17.3 Å². The smallest absolute Gasteiger partial charge is 0.274 e. The minimum atomic E-state index is -0.316. The summed E-state index contributed by atoms with van der Waals surface area (Å²) >= 11 is 0. The van der Waals surface area contributed by atoms with E-state index in [-0.39, 0.29) is 29.6 Å². The second-order valence-electron chi connectivity index (χ2n) is 6.41. The molecule has 2 N–H and O–H groups in total. The summed E-state index contributed by atoms with van der Waals surface area (Å²) in [5.41, 5.74) is 1.78. The van der Waals surface area contributed by atoms with Crippen molar-refractivity contribution in [2.24, 2.45) is 5.92 Å². The van der Waals surface area contributed by atoms with E-state index in [4.69, 9.17) is 0 Å². The second kappa shape index (κ2) is 5.43. The highest BCUT2D eigenvalue weighted by atomic mass is 19.1. The average molecular weight is 328 g/mol. The van der Waals surface area contributed by atoms with E-state index < -0.39 is 0 Å². The summed E-state index contributed by atoms with van der Waals surface area (Å²) in [6, 6.07) is 6.02. The van der Waals surface area contributed by atoms with Crippen LogP contribution in [0.25, 0.3) is 11.4 Å². The van der Waals surface area contributed by atoms with Crippen molar-refractivity contribution in [3.8, 4) is 11.4 Å². The number of carbonyl (C=O) groups excluding carboxylic acids is 2. The Morgan fingerprint density at radius 2 is 2.04 bits per heavy atom. The van der Waals surface area contributed by atoms with Gasteiger partial charge in [0.25, 0.3) is 5.91 Å². The van der Waals surface area contributed by atoms with Gasteiger partial charge in [0, 0.05) is 36.7 Å². The molecule has 2 saturated heterocycles. The molecule has 1 aromatic heterocycles. The number of rotatable bonds is 2. The first-order valence-electron chi connectivity index (χ1n) is 7.92. The lowest BCUT2D eigenvalue weighted by molar-refractivity contribution is -0.119. The number of H-pyrrole nitrogens is 1. The predicted octanol–water partition coefficient (Wildman–Crippen LogP) is 1.48. The number of fused-ring (bicyclic) bond motifs is 1. The SMILES string of the molecule is Cc1[nH]c(-c2ccc(F)cc2)nc1C(=O)N1C[C@@H]2CC(=O)N[C@@H]2C1. The number of aryl methyl sites for hydroxylation is 1. The first-order chi connectivity index (χ1) is 11.5. The van der Waals surface area contributed by atoms with Gasteiger partial charge < -0.3 is 15.2 Å². The van der Waals surface area contributed by atoms with Crippen molar-refractivity contribution in [3.05, 3.63) is 41.5 Å². The molecule has 24 heavy (non-hydrogen) atoms. The van der Waals surface area contributed by atoms with Gasteiger partial charge in [-0.15, -0.1) is 0 Å². The highest BCUT2D eigenvalue weighted by Crippen LogP contribution is 2.27. The number of amides is 2. The molecule has 7 heteroatoms. The molecule has 3 heterocycles. The van der Waals surface area contributed by atoms with E-state index >= 15 is 0 Å². The summed E-state index contributed by atoms with van der Waals surface area (Å²) in [5.74, 6) is 0.345. The summed E-state index contributed by atoms with van der Waals surface area (Å²) in [7, 11) is 0. The van der Waals surface area contributed by atoms with Gasteiger partial charge in [-0.25, -0.2) is 9.37 Å². The standard InChI is InChI=1S/C17H17FN4O2/c1-9-15(21-16(19-9)10-2-4-12(18)5-3-10)17(24)22-7-11-6-14(23)20-13(11)8-22/h2-5,11,13H,6-8H2,1H3,(H,19,21)(H,20,23)/t11-,13+/m0/s1. The van der Waals surface area contributed by atoms with E-state index in [2.05, 4.69) is 15.3 Å². The molecule has 0 aliphatic carbocycles. The number of hydrogen-bond acceptors (Lipinski definition) is 3. The van der Waals surface area contributed by atoms with Crippen LogP contribution in [-0.4, -0.2) is 45.8 Å². The minimum Gasteiger partial charge on any atom is -0.351 e. The largest absolute Gasteiger partial charge is 0.351 e. The molecule has 2 fully saturated rings. The Morgan fingerprint density at radius 3 is 2.75 bits per heavy atom. The van der Waals surface area contributed by atoms with Crippen LogP contribution in [0.2, 0.25) is 0 Å². The monoisotopic (exact) mass is 328 g/mol. The van der Waals surface area contributed by atoms with E-state index in [9.17, 15) is 14.0 Å². The Hall–Kier alpha value is -2.70. The third kappa shape index (κ3) is 2.46. The van der Waals surface area contributed by atoms with Crippen LogP contribution >= 0.6 is 0 Å². The zero-order chi connectivity index (χ0) is 16.8. The van der Waals surface area contributed by atoms with Crippen LogP contribution in [-0.2, 0) is 4.79 Å². The number of nitrogens with zero attached hydrogens (tertiary/aromatic N) is 2. The van der Waals surface area contributed by atoms with Crippen LogP contribution in [0.4, 0.5) is 4.39 Å². The molecular weight excluding hydrogens is 311 g/mol. The summed E-state index contributed by atoms with van der Waals surface area (Å²) in [4.78, 5) is 33.4. The molecule has 0 bridgehead atoms. The fourth-order valence-electron chi connectivity index (χ4n) is 3.47. The van der Waals surface area contributed by atoms with Crippen molar-refractivity contribution in [2.45, 2.75) is 19.4 Å². The highest BCUT2D eigenvalue weighted by molar-refractivity contribution is 5.94. The van der Waals surface area contributed by atoms with Crippen LogP contribution < -0.4 is 5.32 Å². The maximum atomic E-state index is 13.0. The fraction of sp³-hybridized carbons (Fsp3) is 0.353. The van der Waals surface area contributed by atoms with Crippen LogP contribution in [0.1, 0.15) is 22.6 Å². The van der Waals surface area contributed by atoms with Gasteiger partial charge in [-0.2, -0.15) is 0 Å². The van der Waals surface area contributed by atoms with Crippen molar-refractivity contribution >= 4 is 11.8 Å². The van der Waals surface area contributed by atoms with Crippen LogP contribution in [0.3, 0.4) is 0 Å². The molecule has 2 aliphatic rings. The lowest BCUT2D eigenvalue weighted by atomic mass is 10.1. The highest BCUT2D eigenvalue weighted by Gasteiger charge is 2.42. The molecule has 2 aromatic rings. The molecular formula is C17H17FN4O2. The molecule has 0 spiro atoms. The number of likely N-dealkylation sites (tertiary alicyclic amines) is 1. The number of aromatic amines is 1. The topological polar surface area (TPSA) is 78.1 Å². The number of nitrogens with one attached hydrogen (secondary N) is 2. The van der Waals surface area contributed by atoms with E-state index in [1.165, 1.54) is 12.1 Å². The van der Waals surface area contributed by atoms with Gasteiger partial charge in [-0.3, -0.25) is 9.59 Å². The molecule has 2 aliphatic heterocycles. The minimum absolute atomic E-state index is 0.0530. The van der Waals surface area contributed by atoms with Crippen molar-refractivity contribution in [1.29, 1.82) is 0 Å². The summed E-state index contributed by atoms with van der Waals surface area (Å²) < 4.78 is 13.0. The number of halogens is 1. The van der Waals surface area contributed by atoms with Gasteiger partial charge in [0.05, 0.1) is 6.04 Å². The van der Waals surface area contributed by atoms with Crippen molar-refractivity contribution < 1.29 is 14.0 Å². The Balaban J connectivity index is 1.55. The maximum absolute atomic E-state index is 13.0. The summed E-state index contributed by atoms with van der Waals surface area (Å²) in [5, 5.41) is 2.91. The second-order valence-corrected chi connectivity index (χ2v) is 6.41. The zero-order valence-corrected chi connectivity index (χ0v) is 13.2. The molecule has 4 rings (SSSR count). The summed E-state index contributed by atoms with van der Waals surface area (Å²) in [6.45, 7) is 2.89. The van der Waals surface area contributed by atoms with Crippen molar-refractivity contribution in [3.63, 3.8) is 0 Å². The lowest BCUT2D eigenvalue weighted by Gasteiger charge is -2.16. The fourth-order valence-corrected chi connectivity index (χ4v) is 3.47. The van der Waals surface area contributed by atoms with E-state index in [0.717, 1.165) is 5.56 Å². The number of carbonyl (C=O) groups is 2. The average Bonchev–Trinajstić information content (AvgIpc) is 3.20. The summed E-state index contributed by atoms with van der Waals surface area (Å²) in [6.07, 6.45) is 0.481. The van der Waals surface area contributed by atoms with Crippen molar-refractivity contribution in [2.75, 3.05) is 13.1 Å². The van der Waals surface area contributed by atoms with Crippen LogP contribution in [0.5, 0.6) is 0 Å². The van der Waals surface area contributed by atoms with Crippen LogP contribution in [0.15, 0.2) is 24.3 Å². The number of imidazole rings is 1. The lowest BCUT2D eigenvalue weighted by Crippen LogP contribution is -2.35. The molecule has 0 radical (unpaired) electrons. The van der Waals surface area contributed by atoms with Gasteiger partial charge >= 0.3 is 0 Å². The molecule has 1 aromatic carbocycles. The molecule has 0 saturated carbocycles. The maximum Gasteiger partial charge on any atom is 0.274 e. The normalized spacial score (nSPS) is 22.6. The third-order valence-electron chi connectivity index (χ3n) is 4.73. The number of benzene rings is 1. The van der Waals surface area contributed by atoms with Gasteiger partial charge in [-0.05, 0) is 31.2 Å². The number of aromatic nitrogens is 2. The van der Waals surface area contributed by atoms with Gasteiger partial charge in [0.15, 0.2) is 0 Å². The van der Waals surface area contributed by atoms with Crippen LogP contribution in [0, 0.1) is 18.7 Å². The molecule has 0 unspecified atom stereocenters. The van der Waals surface area contributed by atoms with Crippen molar-refractivity contribution in [1.82, 2.24) is 20.2 Å². The Bertz CT molecular complexity index is 798. The first-order valence-corrected chi connectivity index (χ1v) is 7.92. The predicted molar refractivity (Wildman–Crippen MR) is 84.7 cm³/mol. The Kier molecular flexibility index (Phi) is 3.37. The van der Waals surface area contributed by atoms with E-state index in [1.807, 2.05) is 0 Å². The van der Waals surface area contributed by atoms with E-state index in [0.29, 0.717) is 36.7 Å². The quantitative estimate of drug-likeness (QED) is 0.877. The van der Waals surface area contributed by atoms with Gasteiger partial charge in [-0.1, -0.05) is 0 Å². The molecule has 124 valence electrons. The van der Waals surface area contributed by atoms with E-state index in [1.54, 1.807) is 24.0 Å². The Morgan fingerprint density at radius 1 is 1.29 bits per heavy atom. The zero-order valence-electron chi connectivity index (χ0n) is 13.2. The number of hydrogen-bond donors (Lipinski definition) is 2. The first kappa shape index (κ1) is 14.9. The van der Waals surface area contributed by atoms with Gasteiger partial charge in [0.2, 0.25) is 5.91 Å². The third-order valence-corrected chi connectivity index (χ3v) is 4.73. The molecule has 2 amide bonds. The Labute approximate surface area is 138 Å².